The van der Waals surface area contributed by atoms with Crippen LogP contribution in [0.25, 0.3) is 22.5 Å². The lowest BCUT2D eigenvalue weighted by atomic mass is 9.98. The van der Waals surface area contributed by atoms with E-state index in [1.807, 2.05) is 6.07 Å². The third-order valence-corrected chi connectivity index (χ3v) is 8.35. The molecule has 10 heteroatoms. The lowest BCUT2D eigenvalue weighted by Crippen LogP contribution is -2.21. The van der Waals surface area contributed by atoms with E-state index < -0.39 is 26.2 Å². The second kappa shape index (κ2) is 7.53. The average Bonchev–Trinajstić information content (AvgIpc) is 3.48. The van der Waals surface area contributed by atoms with Gasteiger partial charge in [0.15, 0.2) is 32.0 Å². The van der Waals surface area contributed by atoms with Gasteiger partial charge in [-0.05, 0) is 67.8 Å². The Kier molecular flexibility index (Phi) is 4.84. The Balaban J connectivity index is 1.73. The Hall–Kier alpha value is -3.97. The minimum Gasteiger partial charge on any atom is -0.454 e. The summed E-state index contributed by atoms with van der Waals surface area (Å²) in [6.07, 6.45) is 1.97. The standard InChI is InChI=1S/C24H17F2N3O4S/c1-14-10-18(17-6-9-28-23(17)29(14)30)19-12-16(34(31,32)24(13-27)7-8-24)3-5-21(19)33-22-4-2-15(25)11-20(22)26/h2-6,9-12,30H,7-8H2,1H3. The first-order valence-corrected chi connectivity index (χ1v) is 11.7. The SMILES string of the molecule is Cc1cc(-c2cc(S(=O)(=O)C3(C#N)CC3)ccc2Oc2ccc(F)cc2F)c2ccnc-2n1O. The number of nitriles is 1. The number of fused-ring (bicyclic) bond motifs is 1. The van der Waals surface area contributed by atoms with Gasteiger partial charge in [-0.2, -0.15) is 9.99 Å². The van der Waals surface area contributed by atoms with Crippen molar-refractivity contribution in [2.24, 2.45) is 0 Å². The predicted octanol–water partition coefficient (Wildman–Crippen LogP) is 5.10. The number of rotatable bonds is 5. The molecular weight excluding hydrogens is 464 g/mol. The Morgan fingerprint density at radius 2 is 1.79 bits per heavy atom. The van der Waals surface area contributed by atoms with E-state index in [0.717, 1.165) is 16.9 Å². The molecule has 2 aliphatic heterocycles. The van der Waals surface area contributed by atoms with Gasteiger partial charge >= 0.3 is 0 Å². The van der Waals surface area contributed by atoms with Gasteiger partial charge in [-0.25, -0.2) is 22.2 Å². The summed E-state index contributed by atoms with van der Waals surface area (Å²) >= 11 is 0. The number of nitrogens with zero attached hydrogens (tertiary/aromatic N) is 3. The van der Waals surface area contributed by atoms with Crippen LogP contribution in [0.1, 0.15) is 18.5 Å². The molecule has 0 amide bonds. The van der Waals surface area contributed by atoms with Crippen molar-refractivity contribution >= 4 is 9.84 Å². The molecule has 0 saturated heterocycles. The summed E-state index contributed by atoms with van der Waals surface area (Å²) in [6, 6.07) is 12.0. The van der Waals surface area contributed by atoms with E-state index in [2.05, 4.69) is 4.98 Å². The largest absolute Gasteiger partial charge is 0.454 e. The number of sulfone groups is 1. The second-order valence-electron chi connectivity index (χ2n) is 8.14. The monoisotopic (exact) mass is 481 g/mol. The van der Waals surface area contributed by atoms with Gasteiger partial charge in [0, 0.05) is 23.4 Å². The van der Waals surface area contributed by atoms with Gasteiger partial charge in [-0.3, -0.25) is 0 Å². The van der Waals surface area contributed by atoms with Crippen LogP contribution in [-0.4, -0.2) is 28.1 Å². The van der Waals surface area contributed by atoms with E-state index in [0.29, 0.717) is 22.9 Å². The van der Waals surface area contributed by atoms with Crippen LogP contribution in [0.5, 0.6) is 11.5 Å². The predicted molar refractivity (Wildman–Crippen MR) is 117 cm³/mol. The molecule has 0 unspecified atom stereocenters. The smallest absolute Gasteiger partial charge is 0.197 e. The van der Waals surface area contributed by atoms with E-state index in [9.17, 15) is 27.7 Å². The molecule has 1 saturated carbocycles. The maximum absolute atomic E-state index is 14.3. The molecule has 5 rings (SSSR count). The molecule has 3 aliphatic rings. The van der Waals surface area contributed by atoms with Gasteiger partial charge in [0.2, 0.25) is 0 Å². The van der Waals surface area contributed by atoms with E-state index >= 15 is 0 Å². The van der Waals surface area contributed by atoms with Gasteiger partial charge in [0.05, 0.1) is 16.7 Å². The van der Waals surface area contributed by atoms with E-state index in [1.54, 1.807) is 19.1 Å². The van der Waals surface area contributed by atoms with Crippen LogP contribution >= 0.6 is 0 Å². The van der Waals surface area contributed by atoms with Crippen molar-refractivity contribution in [3.63, 3.8) is 0 Å². The number of hydrogen-bond acceptors (Lipinski definition) is 6. The molecule has 0 aromatic heterocycles. The number of halogens is 2. The summed E-state index contributed by atoms with van der Waals surface area (Å²) in [4.78, 5) is 4.06. The zero-order valence-electron chi connectivity index (χ0n) is 17.8. The number of ether oxygens (including phenoxy) is 1. The molecule has 0 spiro atoms. The van der Waals surface area contributed by atoms with Crippen molar-refractivity contribution in [1.82, 2.24) is 9.71 Å². The summed E-state index contributed by atoms with van der Waals surface area (Å²) in [5.41, 5.74) is 1.66. The molecule has 0 bridgehead atoms. The summed E-state index contributed by atoms with van der Waals surface area (Å²) < 4.78 is 59.3. The molecule has 2 heterocycles. The summed E-state index contributed by atoms with van der Waals surface area (Å²) in [7, 11) is -3.98. The topological polar surface area (TPSA) is 105 Å². The van der Waals surface area contributed by atoms with Crippen LogP contribution in [0.15, 0.2) is 59.6 Å². The van der Waals surface area contributed by atoms with Crippen LogP contribution < -0.4 is 4.74 Å². The number of benzene rings is 2. The van der Waals surface area contributed by atoms with Gasteiger partial charge < -0.3 is 9.94 Å². The fourth-order valence-corrected chi connectivity index (χ4v) is 5.61. The molecule has 7 nitrogen and oxygen atoms in total. The Morgan fingerprint density at radius 3 is 2.47 bits per heavy atom. The number of aryl methyl sites for hydroxylation is 1. The first kappa shape index (κ1) is 21.9. The van der Waals surface area contributed by atoms with Crippen LogP contribution in [0, 0.1) is 29.9 Å². The fraction of sp³-hybridized carbons (Fsp3) is 0.167. The third kappa shape index (κ3) is 3.28. The van der Waals surface area contributed by atoms with Crippen molar-refractivity contribution < 1.29 is 27.1 Å². The number of aromatic nitrogens is 2. The van der Waals surface area contributed by atoms with Crippen molar-refractivity contribution in [1.29, 1.82) is 5.26 Å². The van der Waals surface area contributed by atoms with Crippen molar-refractivity contribution in [2.45, 2.75) is 29.4 Å². The van der Waals surface area contributed by atoms with Gasteiger partial charge in [0.1, 0.15) is 11.6 Å². The minimum absolute atomic E-state index is 0.0838. The van der Waals surface area contributed by atoms with Crippen molar-refractivity contribution in [2.75, 3.05) is 0 Å². The lowest BCUT2D eigenvalue weighted by molar-refractivity contribution is 0.180. The first-order chi connectivity index (χ1) is 16.2. The van der Waals surface area contributed by atoms with Gasteiger partial charge in [-0.1, -0.05) is 0 Å². The molecule has 172 valence electrons. The number of pyridine rings is 1. The zero-order valence-corrected chi connectivity index (χ0v) is 18.6. The van der Waals surface area contributed by atoms with E-state index in [-0.39, 0.29) is 40.6 Å². The van der Waals surface area contributed by atoms with Crippen molar-refractivity contribution in [3.05, 3.63) is 72.1 Å². The zero-order chi connectivity index (χ0) is 24.3. The maximum Gasteiger partial charge on any atom is 0.197 e. The highest BCUT2D eigenvalue weighted by Gasteiger charge is 2.56. The quantitative estimate of drug-likeness (QED) is 0.398. The van der Waals surface area contributed by atoms with Crippen LogP contribution in [-0.2, 0) is 9.84 Å². The Labute approximate surface area is 193 Å². The second-order valence-corrected chi connectivity index (χ2v) is 10.4. The van der Waals surface area contributed by atoms with Crippen LogP contribution in [0.2, 0.25) is 0 Å². The van der Waals surface area contributed by atoms with Gasteiger partial charge in [0.25, 0.3) is 0 Å². The highest BCUT2D eigenvalue weighted by atomic mass is 32.2. The molecule has 0 radical (unpaired) electrons. The molecule has 1 N–H and O–H groups in total. The summed E-state index contributed by atoms with van der Waals surface area (Å²) in [5, 5.41) is 19.8. The normalized spacial score (nSPS) is 14.6. The molecule has 2 aromatic rings. The molecule has 1 fully saturated rings. The first-order valence-electron chi connectivity index (χ1n) is 10.3. The van der Waals surface area contributed by atoms with Gasteiger partial charge in [-0.15, -0.1) is 0 Å². The minimum atomic E-state index is -3.98. The molecule has 34 heavy (non-hydrogen) atoms. The molecular formula is C24H17F2N3O4S. The van der Waals surface area contributed by atoms with E-state index in [1.165, 1.54) is 24.4 Å². The van der Waals surface area contributed by atoms with Crippen LogP contribution in [0.3, 0.4) is 0 Å². The Morgan fingerprint density at radius 1 is 1.06 bits per heavy atom. The third-order valence-electron chi connectivity index (χ3n) is 5.94. The number of hydrogen-bond donors (Lipinski definition) is 1. The van der Waals surface area contributed by atoms with Crippen molar-refractivity contribution in [3.8, 4) is 40.1 Å². The molecule has 1 aliphatic carbocycles. The Bertz CT molecular complexity index is 1570. The molecule has 0 atom stereocenters. The highest BCUT2D eigenvalue weighted by Crippen LogP contribution is 2.48. The van der Waals surface area contributed by atoms with E-state index in [4.69, 9.17) is 4.74 Å². The summed E-state index contributed by atoms with van der Waals surface area (Å²) in [6.45, 7) is 1.63. The molecule has 2 aromatic carbocycles. The fourth-order valence-electron chi connectivity index (χ4n) is 3.88. The average molecular weight is 481 g/mol. The van der Waals surface area contributed by atoms with Crippen LogP contribution in [0.4, 0.5) is 8.78 Å². The summed E-state index contributed by atoms with van der Waals surface area (Å²) in [5.74, 6) is -1.62. The maximum atomic E-state index is 14.3. The lowest BCUT2D eigenvalue weighted by Gasteiger charge is -2.18. The highest BCUT2D eigenvalue weighted by molar-refractivity contribution is 7.93.